The fourth-order valence-electron chi connectivity index (χ4n) is 2.81. The first-order valence-electron chi connectivity index (χ1n) is 7.48. The quantitative estimate of drug-likeness (QED) is 0.645. The molecule has 0 aliphatic carbocycles. The third kappa shape index (κ3) is 4.16. The normalized spacial score (nSPS) is 20.2. The van der Waals surface area contributed by atoms with Crippen LogP contribution in [0.15, 0.2) is 42.5 Å². The first kappa shape index (κ1) is 15.7. The van der Waals surface area contributed by atoms with Gasteiger partial charge < -0.3 is 9.84 Å². The van der Waals surface area contributed by atoms with Crippen LogP contribution in [0.2, 0.25) is 0 Å². The van der Waals surface area contributed by atoms with Crippen molar-refractivity contribution in [1.29, 1.82) is 0 Å². The lowest BCUT2D eigenvalue weighted by molar-refractivity contribution is -0.144. The van der Waals surface area contributed by atoms with Gasteiger partial charge >= 0.3 is 5.97 Å². The third-order valence-corrected chi connectivity index (χ3v) is 3.83. The number of esters is 1. The molecule has 1 aromatic carbocycles. The molecule has 0 radical (unpaired) electrons. The molecule has 1 aliphatic heterocycles. The summed E-state index contributed by atoms with van der Waals surface area (Å²) in [7, 11) is 0. The molecule has 114 valence electrons. The van der Waals surface area contributed by atoms with Crippen LogP contribution in [-0.2, 0) is 9.53 Å². The van der Waals surface area contributed by atoms with Gasteiger partial charge in [0.05, 0.1) is 25.7 Å². The van der Waals surface area contributed by atoms with Gasteiger partial charge in [-0.25, -0.2) is 0 Å². The van der Waals surface area contributed by atoms with E-state index in [1.807, 2.05) is 37.3 Å². The molecule has 0 fully saturated rings. The number of hydrogen-bond donors (Lipinski definition) is 1. The topological polar surface area (TPSA) is 49.8 Å². The van der Waals surface area contributed by atoms with E-state index in [9.17, 15) is 9.90 Å². The zero-order valence-corrected chi connectivity index (χ0v) is 12.4. The number of aliphatic hydroxyl groups excluding tert-OH is 1. The molecule has 4 heteroatoms. The van der Waals surface area contributed by atoms with Crippen LogP contribution in [0, 0.1) is 0 Å². The molecule has 2 atom stereocenters. The summed E-state index contributed by atoms with van der Waals surface area (Å²) in [5, 5.41) is 9.81. The van der Waals surface area contributed by atoms with Crippen molar-refractivity contribution in [2.75, 3.05) is 19.8 Å². The Labute approximate surface area is 126 Å². The number of benzene rings is 1. The molecule has 1 aliphatic rings. The maximum absolute atomic E-state index is 11.8. The fraction of sp³-hybridized carbons (Fsp3) is 0.471. The summed E-state index contributed by atoms with van der Waals surface area (Å²) in [4.78, 5) is 14.0. The minimum atomic E-state index is -0.174. The Bertz CT molecular complexity index is 472. The Morgan fingerprint density at radius 2 is 2.14 bits per heavy atom. The van der Waals surface area contributed by atoms with E-state index in [4.69, 9.17) is 4.74 Å². The van der Waals surface area contributed by atoms with Crippen LogP contribution in [0.25, 0.3) is 0 Å². The minimum Gasteiger partial charge on any atom is -0.466 e. The molecule has 0 amide bonds. The number of aliphatic hydroxyl groups is 1. The van der Waals surface area contributed by atoms with Crippen LogP contribution in [0.5, 0.6) is 0 Å². The molecule has 1 aromatic rings. The van der Waals surface area contributed by atoms with Gasteiger partial charge in [-0.15, -0.1) is 0 Å². The molecule has 0 saturated carbocycles. The fourth-order valence-corrected chi connectivity index (χ4v) is 2.81. The zero-order valence-electron chi connectivity index (χ0n) is 12.4. The summed E-state index contributed by atoms with van der Waals surface area (Å²) < 4.78 is 5.06. The van der Waals surface area contributed by atoms with E-state index in [0.29, 0.717) is 13.0 Å². The first-order chi connectivity index (χ1) is 10.3. The highest BCUT2D eigenvalue weighted by Gasteiger charge is 2.29. The molecule has 2 rings (SSSR count). The predicted molar refractivity (Wildman–Crippen MR) is 81.8 cm³/mol. The van der Waals surface area contributed by atoms with Crippen molar-refractivity contribution in [2.45, 2.75) is 31.8 Å². The number of ether oxygens (including phenoxy) is 1. The van der Waals surface area contributed by atoms with Gasteiger partial charge in [0.2, 0.25) is 0 Å². The SMILES string of the molecule is CCOC(=O)C[C@H]1CC=CCN1[C@H](CO)c1ccccc1. The lowest BCUT2D eigenvalue weighted by Crippen LogP contribution is -2.43. The molecular formula is C17H23NO3. The van der Waals surface area contributed by atoms with Gasteiger partial charge in [-0.1, -0.05) is 42.5 Å². The highest BCUT2D eigenvalue weighted by atomic mass is 16.5. The van der Waals surface area contributed by atoms with Gasteiger partial charge in [-0.3, -0.25) is 9.69 Å². The van der Waals surface area contributed by atoms with E-state index in [0.717, 1.165) is 18.5 Å². The largest absolute Gasteiger partial charge is 0.466 e. The molecule has 0 aromatic heterocycles. The van der Waals surface area contributed by atoms with Crippen molar-refractivity contribution >= 4 is 5.97 Å². The van der Waals surface area contributed by atoms with Gasteiger partial charge in [0, 0.05) is 12.6 Å². The van der Waals surface area contributed by atoms with Crippen molar-refractivity contribution < 1.29 is 14.6 Å². The Kier molecular flexibility index (Phi) is 5.96. The van der Waals surface area contributed by atoms with Crippen molar-refractivity contribution in [3.63, 3.8) is 0 Å². The Hall–Kier alpha value is -1.65. The molecule has 0 unspecified atom stereocenters. The van der Waals surface area contributed by atoms with E-state index in [1.165, 1.54) is 0 Å². The van der Waals surface area contributed by atoms with Gasteiger partial charge in [0.15, 0.2) is 0 Å². The summed E-state index contributed by atoms with van der Waals surface area (Å²) in [5.74, 6) is -0.174. The Balaban J connectivity index is 2.13. The molecule has 0 bridgehead atoms. The second kappa shape index (κ2) is 7.96. The van der Waals surface area contributed by atoms with Gasteiger partial charge in [-0.2, -0.15) is 0 Å². The Morgan fingerprint density at radius 3 is 2.81 bits per heavy atom. The molecule has 1 heterocycles. The third-order valence-electron chi connectivity index (χ3n) is 3.83. The monoisotopic (exact) mass is 289 g/mol. The summed E-state index contributed by atoms with van der Waals surface area (Å²) in [6.07, 6.45) is 5.36. The van der Waals surface area contributed by atoms with Crippen LogP contribution < -0.4 is 0 Å². The van der Waals surface area contributed by atoms with Crippen LogP contribution in [0.4, 0.5) is 0 Å². The van der Waals surface area contributed by atoms with Crippen molar-refractivity contribution in [1.82, 2.24) is 4.90 Å². The van der Waals surface area contributed by atoms with E-state index in [1.54, 1.807) is 0 Å². The van der Waals surface area contributed by atoms with Crippen molar-refractivity contribution in [3.8, 4) is 0 Å². The molecule has 4 nitrogen and oxygen atoms in total. The van der Waals surface area contributed by atoms with Crippen LogP contribution in [0.1, 0.15) is 31.4 Å². The second-order valence-corrected chi connectivity index (χ2v) is 5.18. The summed E-state index contributed by atoms with van der Waals surface area (Å²) >= 11 is 0. The molecule has 0 spiro atoms. The highest BCUT2D eigenvalue weighted by molar-refractivity contribution is 5.70. The van der Waals surface area contributed by atoms with Crippen LogP contribution in [0.3, 0.4) is 0 Å². The van der Waals surface area contributed by atoms with E-state index in [2.05, 4.69) is 17.1 Å². The second-order valence-electron chi connectivity index (χ2n) is 5.18. The lowest BCUT2D eigenvalue weighted by atomic mass is 9.98. The van der Waals surface area contributed by atoms with E-state index >= 15 is 0 Å². The Morgan fingerprint density at radius 1 is 1.38 bits per heavy atom. The molecule has 1 N–H and O–H groups in total. The van der Waals surface area contributed by atoms with Crippen molar-refractivity contribution in [3.05, 3.63) is 48.0 Å². The standard InChI is InChI=1S/C17H23NO3/c1-2-21-17(20)12-15-10-6-7-11-18(15)16(13-19)14-8-4-3-5-9-14/h3-9,15-16,19H,2,10-13H2,1H3/t15-,16-/m1/s1. The smallest absolute Gasteiger partial charge is 0.307 e. The minimum absolute atomic E-state index is 0.0389. The van der Waals surface area contributed by atoms with Gasteiger partial charge in [0.1, 0.15) is 0 Å². The van der Waals surface area contributed by atoms with Crippen LogP contribution >= 0.6 is 0 Å². The first-order valence-corrected chi connectivity index (χ1v) is 7.48. The van der Waals surface area contributed by atoms with E-state index in [-0.39, 0.29) is 24.7 Å². The van der Waals surface area contributed by atoms with Gasteiger partial charge in [-0.05, 0) is 18.9 Å². The number of carbonyl (C=O) groups excluding carboxylic acids is 1. The van der Waals surface area contributed by atoms with Crippen molar-refractivity contribution in [2.24, 2.45) is 0 Å². The molecular weight excluding hydrogens is 266 g/mol. The average Bonchev–Trinajstić information content (AvgIpc) is 2.51. The number of rotatable bonds is 6. The zero-order chi connectivity index (χ0) is 15.1. The highest BCUT2D eigenvalue weighted by Crippen LogP contribution is 2.27. The number of hydrogen-bond acceptors (Lipinski definition) is 4. The number of carbonyl (C=O) groups is 1. The molecule has 21 heavy (non-hydrogen) atoms. The molecule has 0 saturated heterocycles. The summed E-state index contributed by atoms with van der Waals surface area (Å²) in [6, 6.07) is 9.92. The summed E-state index contributed by atoms with van der Waals surface area (Å²) in [5.41, 5.74) is 1.07. The maximum atomic E-state index is 11.8. The average molecular weight is 289 g/mol. The predicted octanol–water partition coefficient (Wildman–Crippen LogP) is 2.30. The summed E-state index contributed by atoms with van der Waals surface area (Å²) in [6.45, 7) is 3.00. The van der Waals surface area contributed by atoms with Gasteiger partial charge in [0.25, 0.3) is 0 Å². The lowest BCUT2D eigenvalue weighted by Gasteiger charge is -2.38. The maximum Gasteiger partial charge on any atom is 0.307 e. The van der Waals surface area contributed by atoms with Crippen LogP contribution in [-0.4, -0.2) is 41.8 Å². The van der Waals surface area contributed by atoms with E-state index < -0.39 is 0 Å². The number of nitrogens with zero attached hydrogens (tertiary/aromatic N) is 1.